The van der Waals surface area contributed by atoms with Crippen molar-refractivity contribution in [1.29, 1.82) is 0 Å². The fraction of sp³-hybridized carbons (Fsp3) is 0.636. The molecule has 0 radical (unpaired) electrons. The first-order chi connectivity index (χ1) is 7.63. The molecule has 1 N–H and O–H groups in total. The molecule has 1 aromatic rings. The van der Waals surface area contributed by atoms with Gasteiger partial charge in [-0.2, -0.15) is 0 Å². The Bertz CT molecular complexity index is 313. The number of aromatic nitrogens is 2. The SMILES string of the molecule is Cc1nc(Br)cc(N(C)CCCCCO)n1. The average molecular weight is 288 g/mol. The first-order valence-corrected chi connectivity index (χ1v) is 6.26. The van der Waals surface area contributed by atoms with Crippen LogP contribution in [0.15, 0.2) is 10.7 Å². The maximum absolute atomic E-state index is 8.68. The fourth-order valence-corrected chi connectivity index (χ4v) is 1.93. The van der Waals surface area contributed by atoms with Gasteiger partial charge in [-0.15, -0.1) is 0 Å². The number of unbranched alkanes of at least 4 members (excludes halogenated alkanes) is 2. The molecule has 0 amide bonds. The number of anilines is 1. The van der Waals surface area contributed by atoms with E-state index in [1.807, 2.05) is 20.0 Å². The fourth-order valence-electron chi connectivity index (χ4n) is 1.46. The van der Waals surface area contributed by atoms with E-state index in [9.17, 15) is 0 Å². The molecule has 1 aromatic heterocycles. The van der Waals surface area contributed by atoms with Gasteiger partial charge in [0.25, 0.3) is 0 Å². The van der Waals surface area contributed by atoms with Gasteiger partial charge in [-0.1, -0.05) is 0 Å². The van der Waals surface area contributed by atoms with Crippen LogP contribution in [-0.2, 0) is 0 Å². The van der Waals surface area contributed by atoms with E-state index >= 15 is 0 Å². The molecule has 5 heteroatoms. The van der Waals surface area contributed by atoms with E-state index in [4.69, 9.17) is 5.11 Å². The van der Waals surface area contributed by atoms with Crippen LogP contribution >= 0.6 is 15.9 Å². The molecule has 0 aliphatic carbocycles. The predicted octanol–water partition coefficient (Wildman–Crippen LogP) is 2.15. The van der Waals surface area contributed by atoms with E-state index in [0.29, 0.717) is 0 Å². The van der Waals surface area contributed by atoms with Crippen molar-refractivity contribution in [3.05, 3.63) is 16.5 Å². The normalized spacial score (nSPS) is 10.5. The van der Waals surface area contributed by atoms with Gasteiger partial charge in [0.2, 0.25) is 0 Å². The molecule has 0 saturated heterocycles. The molecule has 0 aromatic carbocycles. The Morgan fingerprint density at radius 1 is 1.31 bits per heavy atom. The molecule has 0 spiro atoms. The Balaban J connectivity index is 2.48. The van der Waals surface area contributed by atoms with Crippen LogP contribution in [-0.4, -0.2) is 35.3 Å². The summed E-state index contributed by atoms with van der Waals surface area (Å²) in [5.74, 6) is 1.70. The lowest BCUT2D eigenvalue weighted by molar-refractivity contribution is 0.283. The number of rotatable bonds is 6. The highest BCUT2D eigenvalue weighted by Gasteiger charge is 2.04. The molecule has 0 aliphatic heterocycles. The van der Waals surface area contributed by atoms with Crippen molar-refractivity contribution >= 4 is 21.7 Å². The van der Waals surface area contributed by atoms with Gasteiger partial charge < -0.3 is 10.0 Å². The van der Waals surface area contributed by atoms with Crippen molar-refractivity contribution in [1.82, 2.24) is 9.97 Å². The highest BCUT2D eigenvalue weighted by atomic mass is 79.9. The predicted molar refractivity (Wildman–Crippen MR) is 68.7 cm³/mol. The van der Waals surface area contributed by atoms with Gasteiger partial charge in [-0.05, 0) is 42.1 Å². The highest BCUT2D eigenvalue weighted by Crippen LogP contribution is 2.15. The zero-order valence-corrected chi connectivity index (χ0v) is 11.4. The summed E-state index contributed by atoms with van der Waals surface area (Å²) >= 11 is 3.36. The minimum atomic E-state index is 0.280. The van der Waals surface area contributed by atoms with Crippen molar-refractivity contribution in [3.63, 3.8) is 0 Å². The summed E-state index contributed by atoms with van der Waals surface area (Å²) in [4.78, 5) is 10.6. The molecule has 1 heterocycles. The molecule has 0 bridgehead atoms. The standard InChI is InChI=1S/C11H18BrN3O/c1-9-13-10(12)8-11(14-9)15(2)6-4-3-5-7-16/h8,16H,3-7H2,1-2H3. The largest absolute Gasteiger partial charge is 0.396 e. The zero-order chi connectivity index (χ0) is 12.0. The van der Waals surface area contributed by atoms with Crippen LogP contribution in [0, 0.1) is 6.92 Å². The summed E-state index contributed by atoms with van der Waals surface area (Å²) in [7, 11) is 2.02. The lowest BCUT2D eigenvalue weighted by Crippen LogP contribution is -2.20. The highest BCUT2D eigenvalue weighted by molar-refractivity contribution is 9.10. The summed E-state index contributed by atoms with van der Waals surface area (Å²) < 4.78 is 0.817. The Morgan fingerprint density at radius 2 is 2.06 bits per heavy atom. The zero-order valence-electron chi connectivity index (χ0n) is 9.78. The summed E-state index contributed by atoms with van der Waals surface area (Å²) in [6.45, 7) is 3.11. The quantitative estimate of drug-likeness (QED) is 0.643. The Kier molecular flexibility index (Phi) is 5.69. The van der Waals surface area contributed by atoms with Crippen LogP contribution < -0.4 is 4.90 Å². The molecule has 16 heavy (non-hydrogen) atoms. The number of aliphatic hydroxyl groups is 1. The second kappa shape index (κ2) is 6.81. The van der Waals surface area contributed by atoms with Crippen LogP contribution in [0.25, 0.3) is 0 Å². The van der Waals surface area contributed by atoms with E-state index in [1.54, 1.807) is 0 Å². The van der Waals surface area contributed by atoms with Crippen molar-refractivity contribution in [2.75, 3.05) is 25.1 Å². The molecular formula is C11H18BrN3O. The lowest BCUT2D eigenvalue weighted by Gasteiger charge is -2.18. The number of aryl methyl sites for hydroxylation is 1. The Morgan fingerprint density at radius 3 is 2.69 bits per heavy atom. The smallest absolute Gasteiger partial charge is 0.133 e. The third kappa shape index (κ3) is 4.45. The number of hydrogen-bond donors (Lipinski definition) is 1. The molecule has 0 aliphatic rings. The van der Waals surface area contributed by atoms with Crippen molar-refractivity contribution in [2.45, 2.75) is 26.2 Å². The topological polar surface area (TPSA) is 49.2 Å². The summed E-state index contributed by atoms with van der Waals surface area (Å²) in [6, 6.07) is 1.92. The third-order valence-electron chi connectivity index (χ3n) is 2.34. The molecule has 0 fully saturated rings. The summed E-state index contributed by atoms with van der Waals surface area (Å²) in [5, 5.41) is 8.68. The molecule has 0 unspecified atom stereocenters. The van der Waals surface area contributed by atoms with E-state index in [2.05, 4.69) is 30.8 Å². The van der Waals surface area contributed by atoms with Crippen molar-refractivity contribution in [2.24, 2.45) is 0 Å². The third-order valence-corrected chi connectivity index (χ3v) is 2.74. The minimum Gasteiger partial charge on any atom is -0.396 e. The molecule has 0 atom stereocenters. The van der Waals surface area contributed by atoms with Gasteiger partial charge in [0, 0.05) is 26.3 Å². The molecule has 0 saturated carbocycles. The number of aliphatic hydroxyl groups excluding tert-OH is 1. The van der Waals surface area contributed by atoms with Gasteiger partial charge in [0.15, 0.2) is 0 Å². The first-order valence-electron chi connectivity index (χ1n) is 5.46. The van der Waals surface area contributed by atoms with Crippen LogP contribution in [0.3, 0.4) is 0 Å². The first kappa shape index (κ1) is 13.4. The summed E-state index contributed by atoms with van der Waals surface area (Å²) in [5.41, 5.74) is 0. The Hall–Kier alpha value is -0.680. The molecule has 4 nitrogen and oxygen atoms in total. The van der Waals surface area contributed by atoms with Gasteiger partial charge in [-0.25, -0.2) is 9.97 Å². The van der Waals surface area contributed by atoms with Gasteiger partial charge >= 0.3 is 0 Å². The van der Waals surface area contributed by atoms with Crippen LogP contribution in [0.4, 0.5) is 5.82 Å². The van der Waals surface area contributed by atoms with Crippen molar-refractivity contribution in [3.8, 4) is 0 Å². The molecule has 1 rings (SSSR count). The van der Waals surface area contributed by atoms with Gasteiger partial charge in [0.1, 0.15) is 16.2 Å². The maximum Gasteiger partial charge on any atom is 0.133 e. The minimum absolute atomic E-state index is 0.280. The lowest BCUT2D eigenvalue weighted by atomic mass is 10.2. The number of nitrogens with zero attached hydrogens (tertiary/aromatic N) is 3. The summed E-state index contributed by atoms with van der Waals surface area (Å²) in [6.07, 6.45) is 2.99. The Labute approximate surface area is 105 Å². The van der Waals surface area contributed by atoms with Gasteiger partial charge in [0.05, 0.1) is 0 Å². The van der Waals surface area contributed by atoms with Gasteiger partial charge in [-0.3, -0.25) is 0 Å². The van der Waals surface area contributed by atoms with Crippen LogP contribution in [0.5, 0.6) is 0 Å². The van der Waals surface area contributed by atoms with Crippen LogP contribution in [0.2, 0.25) is 0 Å². The molecular weight excluding hydrogens is 270 g/mol. The number of halogens is 1. The second-order valence-electron chi connectivity index (χ2n) is 3.80. The second-order valence-corrected chi connectivity index (χ2v) is 4.61. The van der Waals surface area contributed by atoms with E-state index in [-0.39, 0.29) is 6.61 Å². The van der Waals surface area contributed by atoms with Crippen molar-refractivity contribution < 1.29 is 5.11 Å². The van der Waals surface area contributed by atoms with E-state index < -0.39 is 0 Å². The molecule has 90 valence electrons. The average Bonchev–Trinajstić information content (AvgIpc) is 2.22. The van der Waals surface area contributed by atoms with Crippen LogP contribution in [0.1, 0.15) is 25.1 Å². The van der Waals surface area contributed by atoms with E-state index in [0.717, 1.165) is 42.1 Å². The number of hydrogen-bond acceptors (Lipinski definition) is 4. The monoisotopic (exact) mass is 287 g/mol. The maximum atomic E-state index is 8.68. The van der Waals surface area contributed by atoms with E-state index in [1.165, 1.54) is 0 Å².